The average Bonchev–Trinajstić information content (AvgIpc) is 3.15. The predicted molar refractivity (Wildman–Crippen MR) is 124 cm³/mol. The van der Waals surface area contributed by atoms with Crippen molar-refractivity contribution in [3.8, 4) is 11.1 Å². The first-order chi connectivity index (χ1) is 15.3. The first-order valence-corrected chi connectivity index (χ1v) is 11.4. The van der Waals surface area contributed by atoms with Gasteiger partial charge in [0.15, 0.2) is 0 Å². The van der Waals surface area contributed by atoms with E-state index in [0.717, 1.165) is 22.0 Å². The number of benzene rings is 2. The van der Waals surface area contributed by atoms with E-state index in [1.54, 1.807) is 6.92 Å². The number of hydrogen-bond acceptors (Lipinski definition) is 4. The van der Waals surface area contributed by atoms with Crippen molar-refractivity contribution in [1.82, 2.24) is 9.88 Å². The molecule has 0 unspecified atom stereocenters. The Hall–Kier alpha value is -2.38. The van der Waals surface area contributed by atoms with Gasteiger partial charge in [0.05, 0.1) is 17.8 Å². The summed E-state index contributed by atoms with van der Waals surface area (Å²) in [6.07, 6.45) is 0.714. The van der Waals surface area contributed by atoms with Crippen LogP contribution >= 0.6 is 11.6 Å². The molecule has 3 heterocycles. The van der Waals surface area contributed by atoms with Crippen LogP contribution in [0.4, 0.5) is 0 Å². The number of aliphatic hydroxyl groups is 2. The van der Waals surface area contributed by atoms with Crippen LogP contribution in [0.1, 0.15) is 36.7 Å². The fourth-order valence-electron chi connectivity index (χ4n) is 5.08. The number of nitrogens with one attached hydrogen (secondary N) is 1. The summed E-state index contributed by atoms with van der Waals surface area (Å²) < 4.78 is 5.97. The van der Waals surface area contributed by atoms with Gasteiger partial charge in [0.2, 0.25) is 0 Å². The molecule has 0 radical (unpaired) electrons. The Morgan fingerprint density at radius 3 is 2.59 bits per heavy atom. The number of amides is 1. The van der Waals surface area contributed by atoms with Crippen molar-refractivity contribution in [3.05, 3.63) is 59.2 Å². The number of aromatic nitrogens is 1. The fraction of sp³-hybridized carbons (Fsp3) is 0.400. The molecule has 1 spiro atoms. The third kappa shape index (κ3) is 3.71. The standard InChI is InChI=1S/C25H27ClN2O4/c1-24(31)15-25(32-14-20(24)29)9-11-28(12-10-25)23(30)22-21(16-5-3-2-4-6-16)18-13-17(26)7-8-19(18)27-22/h2-8,13,20,27,29,31H,9-12,14-15H2,1H3/t20-,24-/m0/s1. The average molecular weight is 455 g/mol. The van der Waals surface area contributed by atoms with Crippen LogP contribution in [0.5, 0.6) is 0 Å². The molecule has 168 valence electrons. The van der Waals surface area contributed by atoms with Gasteiger partial charge in [-0.1, -0.05) is 41.9 Å². The molecule has 3 N–H and O–H groups in total. The molecular weight excluding hydrogens is 428 g/mol. The number of carbonyl (C=O) groups is 1. The Bertz CT molecular complexity index is 1150. The molecule has 3 aromatic rings. The summed E-state index contributed by atoms with van der Waals surface area (Å²) in [4.78, 5) is 18.8. The van der Waals surface area contributed by atoms with E-state index in [4.69, 9.17) is 16.3 Å². The highest BCUT2D eigenvalue weighted by atomic mass is 35.5. The van der Waals surface area contributed by atoms with Crippen LogP contribution in [0.25, 0.3) is 22.0 Å². The van der Waals surface area contributed by atoms with E-state index in [-0.39, 0.29) is 12.5 Å². The maximum absolute atomic E-state index is 13.6. The molecule has 2 fully saturated rings. The lowest BCUT2D eigenvalue weighted by atomic mass is 9.76. The van der Waals surface area contributed by atoms with Gasteiger partial charge < -0.3 is 24.8 Å². The van der Waals surface area contributed by atoms with Crippen LogP contribution in [-0.4, -0.2) is 63.0 Å². The van der Waals surface area contributed by atoms with Crippen LogP contribution in [0.2, 0.25) is 5.02 Å². The molecule has 2 aliphatic rings. The minimum Gasteiger partial charge on any atom is -0.388 e. The van der Waals surface area contributed by atoms with Gasteiger partial charge >= 0.3 is 0 Å². The van der Waals surface area contributed by atoms with Crippen molar-refractivity contribution in [1.29, 1.82) is 0 Å². The monoisotopic (exact) mass is 454 g/mol. The fourth-order valence-corrected chi connectivity index (χ4v) is 5.25. The van der Waals surface area contributed by atoms with Crippen molar-refractivity contribution < 1.29 is 19.7 Å². The first-order valence-electron chi connectivity index (χ1n) is 11.0. The van der Waals surface area contributed by atoms with E-state index >= 15 is 0 Å². The number of piperidine rings is 1. The van der Waals surface area contributed by atoms with Crippen molar-refractivity contribution >= 4 is 28.4 Å². The van der Waals surface area contributed by atoms with Gasteiger partial charge in [0.25, 0.3) is 5.91 Å². The zero-order valence-corrected chi connectivity index (χ0v) is 18.7. The van der Waals surface area contributed by atoms with Gasteiger partial charge in [-0.05, 0) is 43.5 Å². The minimum absolute atomic E-state index is 0.0615. The number of H-pyrrole nitrogens is 1. The number of halogens is 1. The topological polar surface area (TPSA) is 85.8 Å². The van der Waals surface area contributed by atoms with Gasteiger partial charge in [-0.25, -0.2) is 0 Å². The van der Waals surface area contributed by atoms with Crippen LogP contribution in [0.3, 0.4) is 0 Å². The van der Waals surface area contributed by atoms with Crippen molar-refractivity contribution in [3.63, 3.8) is 0 Å². The number of rotatable bonds is 2. The summed E-state index contributed by atoms with van der Waals surface area (Å²) in [5.74, 6) is -0.0615. The van der Waals surface area contributed by atoms with Crippen molar-refractivity contribution in [2.75, 3.05) is 19.7 Å². The summed E-state index contributed by atoms with van der Waals surface area (Å²) >= 11 is 6.27. The summed E-state index contributed by atoms with van der Waals surface area (Å²) in [6.45, 7) is 2.81. The summed E-state index contributed by atoms with van der Waals surface area (Å²) in [5.41, 5.74) is 1.55. The highest BCUT2D eigenvalue weighted by Crippen LogP contribution is 2.40. The smallest absolute Gasteiger partial charge is 0.270 e. The normalized spacial score (nSPS) is 25.4. The number of aromatic amines is 1. The number of carbonyl (C=O) groups excluding carboxylic acids is 1. The lowest BCUT2D eigenvalue weighted by Crippen LogP contribution is -2.59. The Morgan fingerprint density at radius 2 is 1.91 bits per heavy atom. The molecule has 0 saturated carbocycles. The molecule has 2 saturated heterocycles. The van der Waals surface area contributed by atoms with E-state index in [2.05, 4.69) is 4.98 Å². The third-order valence-corrected chi connectivity index (χ3v) is 7.18. The molecule has 0 bridgehead atoms. The van der Waals surface area contributed by atoms with E-state index in [9.17, 15) is 15.0 Å². The largest absolute Gasteiger partial charge is 0.388 e. The van der Waals surface area contributed by atoms with Crippen molar-refractivity contribution in [2.24, 2.45) is 0 Å². The second-order valence-corrected chi connectivity index (χ2v) is 9.70. The number of likely N-dealkylation sites (tertiary alicyclic amines) is 1. The first kappa shape index (κ1) is 21.5. The molecular formula is C25H27ClN2O4. The van der Waals surface area contributed by atoms with Crippen LogP contribution in [0, 0.1) is 0 Å². The molecule has 32 heavy (non-hydrogen) atoms. The van der Waals surface area contributed by atoms with E-state index < -0.39 is 17.3 Å². The molecule has 2 aliphatic heterocycles. The molecule has 7 heteroatoms. The summed E-state index contributed by atoms with van der Waals surface area (Å²) in [6, 6.07) is 15.5. The quantitative estimate of drug-likeness (QED) is 0.546. The van der Waals surface area contributed by atoms with Crippen molar-refractivity contribution in [2.45, 2.75) is 43.5 Å². The van der Waals surface area contributed by atoms with Gasteiger partial charge in [0, 0.05) is 41.0 Å². The zero-order valence-electron chi connectivity index (χ0n) is 18.0. The lowest BCUT2D eigenvalue weighted by Gasteiger charge is -2.49. The zero-order chi connectivity index (χ0) is 22.5. The number of nitrogens with zero attached hydrogens (tertiary/aromatic N) is 1. The second-order valence-electron chi connectivity index (χ2n) is 9.27. The number of aliphatic hydroxyl groups excluding tert-OH is 1. The van der Waals surface area contributed by atoms with Crippen LogP contribution in [0.15, 0.2) is 48.5 Å². The van der Waals surface area contributed by atoms with Crippen LogP contribution in [-0.2, 0) is 4.74 Å². The Morgan fingerprint density at radius 1 is 1.19 bits per heavy atom. The minimum atomic E-state index is -1.18. The molecule has 6 nitrogen and oxygen atoms in total. The Balaban J connectivity index is 1.44. The highest BCUT2D eigenvalue weighted by molar-refractivity contribution is 6.31. The molecule has 0 aliphatic carbocycles. The second kappa shape index (κ2) is 7.89. The number of ether oxygens (including phenoxy) is 1. The van der Waals surface area contributed by atoms with Gasteiger partial charge in [-0.3, -0.25) is 4.79 Å². The van der Waals surface area contributed by atoms with Crippen LogP contribution < -0.4 is 0 Å². The van der Waals surface area contributed by atoms with Gasteiger partial charge in [-0.15, -0.1) is 0 Å². The molecule has 1 amide bonds. The molecule has 2 atom stereocenters. The predicted octanol–water partition coefficient (Wildman–Crippen LogP) is 4.00. The highest BCUT2D eigenvalue weighted by Gasteiger charge is 2.49. The van der Waals surface area contributed by atoms with Gasteiger partial charge in [-0.2, -0.15) is 0 Å². The summed E-state index contributed by atoms with van der Waals surface area (Å²) in [7, 11) is 0. The maximum atomic E-state index is 13.6. The Kier molecular flexibility index (Phi) is 5.29. The molecule has 2 aromatic carbocycles. The number of fused-ring (bicyclic) bond motifs is 1. The maximum Gasteiger partial charge on any atom is 0.270 e. The number of hydrogen-bond donors (Lipinski definition) is 3. The van der Waals surface area contributed by atoms with E-state index in [0.29, 0.717) is 43.1 Å². The lowest BCUT2D eigenvalue weighted by molar-refractivity contribution is -0.221. The Labute approximate surface area is 191 Å². The SMILES string of the molecule is C[C@]1(O)CC2(CCN(C(=O)c3[nH]c4ccc(Cl)cc4c3-c3ccccc3)CC2)OC[C@@H]1O. The van der Waals surface area contributed by atoms with E-state index in [1.807, 2.05) is 53.4 Å². The summed E-state index contributed by atoms with van der Waals surface area (Å²) in [5, 5.41) is 22.1. The van der Waals surface area contributed by atoms with Gasteiger partial charge in [0.1, 0.15) is 11.8 Å². The molecule has 5 rings (SSSR count). The van der Waals surface area contributed by atoms with E-state index in [1.165, 1.54) is 0 Å². The molecule has 1 aromatic heterocycles. The third-order valence-electron chi connectivity index (χ3n) is 6.94.